The highest BCUT2D eigenvalue weighted by molar-refractivity contribution is 5.10. The number of hydrogen-bond acceptors (Lipinski definition) is 3. The molecule has 0 aliphatic heterocycles. The lowest BCUT2D eigenvalue weighted by Gasteiger charge is -2.14. The molecule has 3 heteroatoms. The zero-order valence-corrected chi connectivity index (χ0v) is 11.7. The van der Waals surface area contributed by atoms with Crippen molar-refractivity contribution < 1.29 is 4.74 Å². The van der Waals surface area contributed by atoms with Gasteiger partial charge in [-0.05, 0) is 24.5 Å². The van der Waals surface area contributed by atoms with E-state index >= 15 is 0 Å². The van der Waals surface area contributed by atoms with Crippen LogP contribution in [-0.2, 0) is 17.9 Å². The molecule has 0 radical (unpaired) electrons. The van der Waals surface area contributed by atoms with Crippen LogP contribution in [0.1, 0.15) is 50.9 Å². The quantitative estimate of drug-likeness (QED) is 0.731. The Morgan fingerprint density at radius 2 is 2.06 bits per heavy atom. The standard InChI is InChI=1S/C15H26N2O/c1-3-5-7-13(4-2)11-18-12-15-9-6-8-14(10-16)17-15/h6,8-9,13H,3-5,7,10-12,16H2,1-2H3. The first-order chi connectivity index (χ1) is 8.80. The molecule has 18 heavy (non-hydrogen) atoms. The highest BCUT2D eigenvalue weighted by Gasteiger charge is 2.06. The third-order valence-corrected chi connectivity index (χ3v) is 3.22. The lowest BCUT2D eigenvalue weighted by atomic mass is 10.0. The molecule has 0 spiro atoms. The molecule has 1 heterocycles. The highest BCUT2D eigenvalue weighted by atomic mass is 16.5. The Kier molecular flexibility index (Phi) is 7.62. The number of nitrogens with zero attached hydrogens (tertiary/aromatic N) is 1. The van der Waals surface area contributed by atoms with E-state index in [2.05, 4.69) is 18.8 Å². The summed E-state index contributed by atoms with van der Waals surface area (Å²) in [6, 6.07) is 5.92. The lowest BCUT2D eigenvalue weighted by Crippen LogP contribution is -2.10. The Bertz CT molecular complexity index is 328. The molecule has 1 aromatic heterocycles. The van der Waals surface area contributed by atoms with Gasteiger partial charge in [-0.3, -0.25) is 4.98 Å². The van der Waals surface area contributed by atoms with Crippen molar-refractivity contribution in [3.05, 3.63) is 29.6 Å². The molecule has 0 aliphatic rings. The van der Waals surface area contributed by atoms with E-state index in [4.69, 9.17) is 10.5 Å². The Labute approximate surface area is 111 Å². The third kappa shape index (κ3) is 5.61. The first kappa shape index (κ1) is 15.1. The van der Waals surface area contributed by atoms with Gasteiger partial charge in [-0.25, -0.2) is 0 Å². The van der Waals surface area contributed by atoms with Crippen LogP contribution >= 0.6 is 0 Å². The molecule has 0 saturated heterocycles. The normalized spacial score (nSPS) is 12.6. The molecule has 1 rings (SSSR count). The van der Waals surface area contributed by atoms with Crippen LogP contribution in [0.25, 0.3) is 0 Å². The Morgan fingerprint density at radius 3 is 2.72 bits per heavy atom. The molecular weight excluding hydrogens is 224 g/mol. The maximum absolute atomic E-state index is 5.77. The van der Waals surface area contributed by atoms with Crippen LogP contribution in [-0.4, -0.2) is 11.6 Å². The van der Waals surface area contributed by atoms with E-state index in [-0.39, 0.29) is 0 Å². The number of pyridine rings is 1. The fourth-order valence-corrected chi connectivity index (χ4v) is 1.95. The summed E-state index contributed by atoms with van der Waals surface area (Å²) in [6.45, 7) is 6.39. The van der Waals surface area contributed by atoms with E-state index in [0.717, 1.165) is 18.0 Å². The van der Waals surface area contributed by atoms with Gasteiger partial charge in [0.05, 0.1) is 18.0 Å². The van der Waals surface area contributed by atoms with Gasteiger partial charge < -0.3 is 10.5 Å². The second-order valence-corrected chi connectivity index (χ2v) is 4.76. The van der Waals surface area contributed by atoms with Crippen LogP contribution in [0.5, 0.6) is 0 Å². The van der Waals surface area contributed by atoms with E-state index < -0.39 is 0 Å². The van der Waals surface area contributed by atoms with Crippen molar-refractivity contribution >= 4 is 0 Å². The molecule has 0 fully saturated rings. The monoisotopic (exact) mass is 250 g/mol. The molecule has 0 aliphatic carbocycles. The van der Waals surface area contributed by atoms with E-state index in [1.165, 1.54) is 25.7 Å². The molecule has 1 unspecified atom stereocenters. The van der Waals surface area contributed by atoms with E-state index in [1.54, 1.807) is 0 Å². The van der Waals surface area contributed by atoms with Crippen molar-refractivity contribution in [2.75, 3.05) is 6.61 Å². The minimum absolute atomic E-state index is 0.488. The van der Waals surface area contributed by atoms with Crippen molar-refractivity contribution in [2.24, 2.45) is 11.7 Å². The molecule has 1 atom stereocenters. The first-order valence-electron chi connectivity index (χ1n) is 7.02. The van der Waals surface area contributed by atoms with Gasteiger partial charge >= 0.3 is 0 Å². The van der Waals surface area contributed by atoms with E-state index in [1.807, 2.05) is 18.2 Å². The second-order valence-electron chi connectivity index (χ2n) is 4.76. The van der Waals surface area contributed by atoms with E-state index in [0.29, 0.717) is 19.1 Å². The van der Waals surface area contributed by atoms with Gasteiger partial charge in [-0.1, -0.05) is 39.2 Å². The van der Waals surface area contributed by atoms with Crippen LogP contribution in [0.3, 0.4) is 0 Å². The minimum Gasteiger partial charge on any atom is -0.375 e. The van der Waals surface area contributed by atoms with E-state index in [9.17, 15) is 0 Å². The molecule has 0 bridgehead atoms. The second kappa shape index (κ2) is 9.06. The highest BCUT2D eigenvalue weighted by Crippen LogP contribution is 2.13. The van der Waals surface area contributed by atoms with Crippen molar-refractivity contribution in [1.82, 2.24) is 4.98 Å². The van der Waals surface area contributed by atoms with Crippen molar-refractivity contribution in [3.8, 4) is 0 Å². The zero-order valence-electron chi connectivity index (χ0n) is 11.7. The number of hydrogen-bond donors (Lipinski definition) is 1. The van der Waals surface area contributed by atoms with Gasteiger partial charge in [0.2, 0.25) is 0 Å². The smallest absolute Gasteiger partial charge is 0.0888 e. The van der Waals surface area contributed by atoms with Crippen LogP contribution in [0, 0.1) is 5.92 Å². The summed E-state index contributed by atoms with van der Waals surface area (Å²) >= 11 is 0. The summed E-state index contributed by atoms with van der Waals surface area (Å²) in [5.41, 5.74) is 7.47. The van der Waals surface area contributed by atoms with Crippen molar-refractivity contribution in [2.45, 2.75) is 52.7 Å². The minimum atomic E-state index is 0.488. The van der Waals surface area contributed by atoms with Gasteiger partial charge in [0.1, 0.15) is 0 Å². The van der Waals surface area contributed by atoms with Crippen LogP contribution in [0.2, 0.25) is 0 Å². The molecule has 0 aromatic carbocycles. The van der Waals surface area contributed by atoms with Crippen molar-refractivity contribution in [1.29, 1.82) is 0 Å². The van der Waals surface area contributed by atoms with Crippen LogP contribution < -0.4 is 5.73 Å². The molecule has 0 saturated carbocycles. The van der Waals surface area contributed by atoms with Gasteiger partial charge in [0.25, 0.3) is 0 Å². The number of nitrogens with two attached hydrogens (primary N) is 1. The zero-order chi connectivity index (χ0) is 13.2. The summed E-state index contributed by atoms with van der Waals surface area (Å²) in [6.07, 6.45) is 5.01. The fourth-order valence-electron chi connectivity index (χ4n) is 1.95. The van der Waals surface area contributed by atoms with Crippen LogP contribution in [0.15, 0.2) is 18.2 Å². The summed E-state index contributed by atoms with van der Waals surface area (Å²) in [5.74, 6) is 0.683. The predicted octanol–water partition coefficient (Wildman–Crippen LogP) is 3.27. The third-order valence-electron chi connectivity index (χ3n) is 3.22. The Morgan fingerprint density at radius 1 is 1.28 bits per heavy atom. The number of unbranched alkanes of at least 4 members (excludes halogenated alkanes) is 1. The summed E-state index contributed by atoms with van der Waals surface area (Å²) in [4.78, 5) is 4.43. The van der Waals surface area contributed by atoms with Gasteiger partial charge in [0.15, 0.2) is 0 Å². The molecule has 3 nitrogen and oxygen atoms in total. The predicted molar refractivity (Wildman–Crippen MR) is 75.1 cm³/mol. The maximum atomic E-state index is 5.77. The lowest BCUT2D eigenvalue weighted by molar-refractivity contribution is 0.0798. The van der Waals surface area contributed by atoms with Crippen molar-refractivity contribution in [3.63, 3.8) is 0 Å². The van der Waals surface area contributed by atoms with Gasteiger partial charge in [-0.2, -0.15) is 0 Å². The number of ether oxygens (including phenoxy) is 1. The number of rotatable bonds is 9. The molecule has 102 valence electrons. The first-order valence-corrected chi connectivity index (χ1v) is 7.02. The average molecular weight is 250 g/mol. The molecule has 1 aromatic rings. The Hall–Kier alpha value is -0.930. The SMILES string of the molecule is CCCCC(CC)COCc1cccc(CN)n1. The van der Waals surface area contributed by atoms with Gasteiger partial charge in [-0.15, -0.1) is 0 Å². The topological polar surface area (TPSA) is 48.1 Å². The molecular formula is C15H26N2O. The Balaban J connectivity index is 2.30. The maximum Gasteiger partial charge on any atom is 0.0888 e. The number of aromatic nitrogens is 1. The average Bonchev–Trinajstić information content (AvgIpc) is 2.43. The summed E-state index contributed by atoms with van der Waals surface area (Å²) < 4.78 is 5.77. The largest absolute Gasteiger partial charge is 0.375 e. The molecule has 2 N–H and O–H groups in total. The fraction of sp³-hybridized carbons (Fsp3) is 0.667. The van der Waals surface area contributed by atoms with Gasteiger partial charge in [0, 0.05) is 13.2 Å². The van der Waals surface area contributed by atoms with Crippen LogP contribution in [0.4, 0.5) is 0 Å². The summed E-state index contributed by atoms with van der Waals surface area (Å²) in [5, 5.41) is 0. The molecule has 0 amide bonds. The summed E-state index contributed by atoms with van der Waals surface area (Å²) in [7, 11) is 0.